The number of nitrogens with zero attached hydrogens (tertiary/aromatic N) is 1. The fourth-order valence-electron chi connectivity index (χ4n) is 2.29. The van der Waals surface area contributed by atoms with Gasteiger partial charge in [0.15, 0.2) is 0 Å². The van der Waals surface area contributed by atoms with Gasteiger partial charge in [-0.05, 0) is 45.1 Å². The first-order valence-electron chi connectivity index (χ1n) is 6.44. The second kappa shape index (κ2) is 5.15. The molecule has 2 aliphatic rings. The molecule has 1 saturated heterocycles. The number of hydrogen-bond acceptors (Lipinski definition) is 3. The minimum absolute atomic E-state index is 0.0953. The van der Waals surface area contributed by atoms with E-state index in [1.165, 1.54) is 19.3 Å². The van der Waals surface area contributed by atoms with Gasteiger partial charge in [-0.15, -0.1) is 0 Å². The summed E-state index contributed by atoms with van der Waals surface area (Å²) < 4.78 is 0. The summed E-state index contributed by atoms with van der Waals surface area (Å²) in [6, 6.07) is 0.124. The summed E-state index contributed by atoms with van der Waals surface area (Å²) in [5, 5.41) is 3.57. The van der Waals surface area contributed by atoms with E-state index in [1.807, 2.05) is 4.90 Å². The number of amides is 1. The molecule has 4 nitrogen and oxygen atoms in total. The van der Waals surface area contributed by atoms with Crippen molar-refractivity contribution >= 4 is 5.91 Å². The molecule has 1 aliphatic carbocycles. The molecule has 1 aliphatic heterocycles. The second-order valence-corrected chi connectivity index (χ2v) is 5.26. The predicted octanol–water partition coefficient (Wildman–Crippen LogP) is 0.324. The molecule has 2 atom stereocenters. The third kappa shape index (κ3) is 3.19. The lowest BCUT2D eigenvalue weighted by atomic mass is 10.0. The minimum atomic E-state index is -0.359. The maximum Gasteiger partial charge on any atom is 0.239 e. The van der Waals surface area contributed by atoms with Crippen LogP contribution < -0.4 is 11.1 Å². The Bertz CT molecular complexity index is 251. The summed E-state index contributed by atoms with van der Waals surface area (Å²) in [5.74, 6) is 0.998. The molecule has 0 aromatic carbocycles. The molecule has 2 unspecified atom stereocenters. The average molecular weight is 225 g/mol. The highest BCUT2D eigenvalue weighted by Crippen LogP contribution is 2.28. The van der Waals surface area contributed by atoms with Gasteiger partial charge in [-0.1, -0.05) is 0 Å². The quantitative estimate of drug-likeness (QED) is 0.724. The van der Waals surface area contributed by atoms with Crippen molar-refractivity contribution in [3.63, 3.8) is 0 Å². The third-order valence-electron chi connectivity index (χ3n) is 3.51. The number of carbonyl (C=O) groups excluding carboxylic acids is 1. The van der Waals surface area contributed by atoms with E-state index in [4.69, 9.17) is 5.73 Å². The molecule has 3 N–H and O–H groups in total. The van der Waals surface area contributed by atoms with E-state index in [9.17, 15) is 4.79 Å². The molecule has 92 valence electrons. The van der Waals surface area contributed by atoms with Crippen molar-refractivity contribution in [3.8, 4) is 0 Å². The first kappa shape index (κ1) is 11.9. The van der Waals surface area contributed by atoms with Gasteiger partial charge in [0.25, 0.3) is 0 Å². The molecular weight excluding hydrogens is 202 g/mol. The van der Waals surface area contributed by atoms with Gasteiger partial charge in [0.05, 0.1) is 6.04 Å². The molecule has 0 aromatic rings. The van der Waals surface area contributed by atoms with Gasteiger partial charge in [0, 0.05) is 19.1 Å². The van der Waals surface area contributed by atoms with Crippen molar-refractivity contribution in [1.82, 2.24) is 10.2 Å². The van der Waals surface area contributed by atoms with E-state index in [-0.39, 0.29) is 11.9 Å². The maximum absolute atomic E-state index is 11.8. The van der Waals surface area contributed by atoms with Crippen molar-refractivity contribution in [2.75, 3.05) is 19.6 Å². The first-order valence-corrected chi connectivity index (χ1v) is 6.44. The smallest absolute Gasteiger partial charge is 0.239 e. The zero-order valence-electron chi connectivity index (χ0n) is 10.1. The molecular formula is C12H23N3O. The van der Waals surface area contributed by atoms with Gasteiger partial charge in [-0.2, -0.15) is 0 Å². The van der Waals surface area contributed by atoms with E-state index >= 15 is 0 Å². The Morgan fingerprint density at radius 2 is 2.25 bits per heavy atom. The molecule has 0 radical (unpaired) electrons. The SMILES string of the molecule is CC(N)C(=O)N1CCCC(NCC2CC2)C1. The monoisotopic (exact) mass is 225 g/mol. The normalized spacial score (nSPS) is 27.9. The van der Waals surface area contributed by atoms with Crippen molar-refractivity contribution in [2.45, 2.75) is 44.7 Å². The topological polar surface area (TPSA) is 58.4 Å². The van der Waals surface area contributed by atoms with Crippen molar-refractivity contribution in [3.05, 3.63) is 0 Å². The Morgan fingerprint density at radius 3 is 2.88 bits per heavy atom. The Labute approximate surface area is 97.6 Å². The molecule has 0 spiro atoms. The molecule has 1 saturated carbocycles. The van der Waals surface area contributed by atoms with Crippen LogP contribution in [0.25, 0.3) is 0 Å². The van der Waals surface area contributed by atoms with E-state index in [1.54, 1.807) is 6.92 Å². The third-order valence-corrected chi connectivity index (χ3v) is 3.51. The van der Waals surface area contributed by atoms with Crippen LogP contribution in [0.4, 0.5) is 0 Å². The number of piperidine rings is 1. The molecule has 2 fully saturated rings. The zero-order valence-corrected chi connectivity index (χ0v) is 10.1. The summed E-state index contributed by atoms with van der Waals surface area (Å²) in [5.41, 5.74) is 5.63. The van der Waals surface area contributed by atoms with E-state index in [0.29, 0.717) is 6.04 Å². The molecule has 0 aromatic heterocycles. The van der Waals surface area contributed by atoms with Gasteiger partial charge in [-0.25, -0.2) is 0 Å². The van der Waals surface area contributed by atoms with Crippen LogP contribution in [-0.4, -0.2) is 42.5 Å². The largest absolute Gasteiger partial charge is 0.340 e. The fraction of sp³-hybridized carbons (Fsp3) is 0.917. The Kier molecular flexibility index (Phi) is 3.82. The number of rotatable bonds is 4. The average Bonchev–Trinajstić information content (AvgIpc) is 3.09. The maximum atomic E-state index is 11.8. The summed E-state index contributed by atoms with van der Waals surface area (Å²) in [7, 11) is 0. The Hall–Kier alpha value is -0.610. The van der Waals surface area contributed by atoms with Crippen LogP contribution in [0.5, 0.6) is 0 Å². The highest BCUT2D eigenvalue weighted by molar-refractivity contribution is 5.81. The Balaban J connectivity index is 1.76. The van der Waals surface area contributed by atoms with Gasteiger partial charge in [0.2, 0.25) is 5.91 Å². The number of nitrogens with one attached hydrogen (secondary N) is 1. The van der Waals surface area contributed by atoms with E-state index in [0.717, 1.165) is 32.0 Å². The van der Waals surface area contributed by atoms with E-state index < -0.39 is 0 Å². The zero-order chi connectivity index (χ0) is 11.5. The minimum Gasteiger partial charge on any atom is -0.340 e. The lowest BCUT2D eigenvalue weighted by Crippen LogP contribution is -2.52. The van der Waals surface area contributed by atoms with Crippen molar-refractivity contribution < 1.29 is 4.79 Å². The molecule has 16 heavy (non-hydrogen) atoms. The molecule has 2 rings (SSSR count). The molecule has 4 heteroatoms. The summed E-state index contributed by atoms with van der Waals surface area (Å²) >= 11 is 0. The second-order valence-electron chi connectivity index (χ2n) is 5.26. The lowest BCUT2D eigenvalue weighted by Gasteiger charge is -2.34. The highest BCUT2D eigenvalue weighted by Gasteiger charge is 2.27. The van der Waals surface area contributed by atoms with Crippen molar-refractivity contribution in [1.29, 1.82) is 0 Å². The van der Waals surface area contributed by atoms with Gasteiger partial charge >= 0.3 is 0 Å². The van der Waals surface area contributed by atoms with Crippen LogP contribution in [-0.2, 0) is 4.79 Å². The lowest BCUT2D eigenvalue weighted by molar-refractivity contribution is -0.133. The van der Waals surface area contributed by atoms with Crippen LogP contribution >= 0.6 is 0 Å². The number of hydrogen-bond donors (Lipinski definition) is 2. The summed E-state index contributed by atoms with van der Waals surface area (Å²) in [4.78, 5) is 13.7. The predicted molar refractivity (Wildman–Crippen MR) is 64.0 cm³/mol. The van der Waals surface area contributed by atoms with Crippen LogP contribution in [0.1, 0.15) is 32.6 Å². The Morgan fingerprint density at radius 1 is 1.50 bits per heavy atom. The van der Waals surface area contributed by atoms with Crippen LogP contribution in [0.2, 0.25) is 0 Å². The number of carbonyl (C=O) groups is 1. The summed E-state index contributed by atoms with van der Waals surface area (Å²) in [6.07, 6.45) is 5.04. The number of likely N-dealkylation sites (tertiary alicyclic amines) is 1. The fourth-order valence-corrected chi connectivity index (χ4v) is 2.29. The standard InChI is InChI=1S/C12H23N3O/c1-9(13)12(16)15-6-2-3-11(8-15)14-7-10-4-5-10/h9-11,14H,2-8,13H2,1H3. The van der Waals surface area contributed by atoms with E-state index in [2.05, 4.69) is 5.32 Å². The number of nitrogens with two attached hydrogens (primary N) is 1. The highest BCUT2D eigenvalue weighted by atomic mass is 16.2. The van der Waals surface area contributed by atoms with Gasteiger partial charge < -0.3 is 16.0 Å². The first-order chi connectivity index (χ1) is 7.66. The molecule has 1 amide bonds. The van der Waals surface area contributed by atoms with Crippen LogP contribution in [0.15, 0.2) is 0 Å². The van der Waals surface area contributed by atoms with Gasteiger partial charge in [0.1, 0.15) is 0 Å². The summed E-state index contributed by atoms with van der Waals surface area (Å²) in [6.45, 7) is 4.61. The molecule has 1 heterocycles. The van der Waals surface area contributed by atoms with Crippen LogP contribution in [0.3, 0.4) is 0 Å². The van der Waals surface area contributed by atoms with Crippen LogP contribution in [0, 0.1) is 5.92 Å². The van der Waals surface area contributed by atoms with Gasteiger partial charge in [-0.3, -0.25) is 4.79 Å². The molecule has 0 bridgehead atoms. The van der Waals surface area contributed by atoms with Crippen molar-refractivity contribution in [2.24, 2.45) is 11.7 Å².